The van der Waals surface area contributed by atoms with Crippen LogP contribution in [0, 0.1) is 11.8 Å². The number of hydrogen-bond donors (Lipinski definition) is 0. The topological polar surface area (TPSA) is 40.6 Å². The predicted octanol–water partition coefficient (Wildman–Crippen LogP) is 3.99. The van der Waals surface area contributed by atoms with Crippen molar-refractivity contribution in [1.29, 1.82) is 0 Å². The van der Waals surface area contributed by atoms with E-state index in [2.05, 4.69) is 33.8 Å². The quantitative estimate of drug-likeness (QED) is 0.818. The second-order valence-electron chi connectivity index (χ2n) is 8.97. The third-order valence-electron chi connectivity index (χ3n) is 5.81. The Bertz CT molecular complexity index is 672. The molecule has 26 heavy (non-hydrogen) atoms. The molecule has 1 aromatic rings. The van der Waals surface area contributed by atoms with Crippen LogP contribution in [0.3, 0.4) is 0 Å². The summed E-state index contributed by atoms with van der Waals surface area (Å²) in [4.78, 5) is 29.2. The molecule has 2 aliphatic heterocycles. The molecule has 0 spiro atoms. The first-order valence-corrected chi connectivity index (χ1v) is 9.95. The number of anilines is 1. The van der Waals surface area contributed by atoms with Gasteiger partial charge in [-0.15, -0.1) is 0 Å². The minimum atomic E-state index is -0.125. The lowest BCUT2D eigenvalue weighted by Crippen LogP contribution is -2.44. The Kier molecular flexibility index (Phi) is 5.40. The molecular formula is C22H32N2O2. The highest BCUT2D eigenvalue weighted by atomic mass is 16.2. The van der Waals surface area contributed by atoms with Gasteiger partial charge in [-0.1, -0.05) is 45.9 Å². The number of piperidine rings is 1. The van der Waals surface area contributed by atoms with E-state index in [1.807, 2.05) is 28.0 Å². The molecule has 0 N–H and O–H groups in total. The molecular weight excluding hydrogens is 324 g/mol. The molecule has 1 aromatic carbocycles. The average Bonchev–Trinajstić information content (AvgIpc) is 2.56. The van der Waals surface area contributed by atoms with Gasteiger partial charge in [0, 0.05) is 43.6 Å². The van der Waals surface area contributed by atoms with Gasteiger partial charge in [0.25, 0.3) is 0 Å². The molecule has 0 bridgehead atoms. The van der Waals surface area contributed by atoms with Crippen LogP contribution in [-0.2, 0) is 15.0 Å². The Labute approximate surface area is 157 Å². The lowest BCUT2D eigenvalue weighted by Gasteiger charge is -2.39. The highest BCUT2D eigenvalue weighted by Crippen LogP contribution is 2.40. The van der Waals surface area contributed by atoms with Crippen molar-refractivity contribution in [3.05, 3.63) is 29.8 Å². The normalized spacial score (nSPS) is 25.2. The van der Waals surface area contributed by atoms with E-state index in [1.54, 1.807) is 0 Å². The van der Waals surface area contributed by atoms with Crippen LogP contribution in [0.15, 0.2) is 24.3 Å². The lowest BCUT2D eigenvalue weighted by molar-refractivity contribution is -0.134. The molecule has 0 aliphatic carbocycles. The number of carbonyl (C=O) groups is 2. The molecule has 1 fully saturated rings. The number of benzene rings is 1. The smallest absolute Gasteiger partial charge is 0.227 e. The Morgan fingerprint density at radius 2 is 1.81 bits per heavy atom. The fourth-order valence-corrected chi connectivity index (χ4v) is 4.64. The third kappa shape index (κ3) is 3.94. The van der Waals surface area contributed by atoms with Crippen molar-refractivity contribution in [3.8, 4) is 0 Å². The maximum Gasteiger partial charge on any atom is 0.227 e. The van der Waals surface area contributed by atoms with Gasteiger partial charge in [-0.3, -0.25) is 9.59 Å². The van der Waals surface area contributed by atoms with Crippen LogP contribution in [0.5, 0.6) is 0 Å². The summed E-state index contributed by atoms with van der Waals surface area (Å²) in [6, 6.07) is 8.18. The summed E-state index contributed by atoms with van der Waals surface area (Å²) in [7, 11) is 0. The molecule has 0 unspecified atom stereocenters. The summed E-state index contributed by atoms with van der Waals surface area (Å²) < 4.78 is 0. The molecule has 0 radical (unpaired) electrons. The minimum absolute atomic E-state index is 0.125. The zero-order chi connectivity index (χ0) is 18.9. The van der Waals surface area contributed by atoms with Gasteiger partial charge in [0.15, 0.2) is 0 Å². The number of carbonyl (C=O) groups excluding carboxylic acids is 2. The second-order valence-corrected chi connectivity index (χ2v) is 8.97. The monoisotopic (exact) mass is 356 g/mol. The molecule has 2 atom stereocenters. The van der Waals surface area contributed by atoms with E-state index in [4.69, 9.17) is 0 Å². The van der Waals surface area contributed by atoms with Crippen molar-refractivity contribution in [1.82, 2.24) is 4.90 Å². The first-order valence-electron chi connectivity index (χ1n) is 9.95. The van der Waals surface area contributed by atoms with Gasteiger partial charge in [0.1, 0.15) is 0 Å². The summed E-state index contributed by atoms with van der Waals surface area (Å²) in [5.74, 6) is 1.57. The van der Waals surface area contributed by atoms with Crippen LogP contribution in [-0.4, -0.2) is 36.3 Å². The summed E-state index contributed by atoms with van der Waals surface area (Å²) in [5.41, 5.74) is 2.12. The Balaban J connectivity index is 1.61. The summed E-state index contributed by atoms with van der Waals surface area (Å²) in [5, 5.41) is 0. The van der Waals surface area contributed by atoms with Crippen molar-refractivity contribution in [3.63, 3.8) is 0 Å². The van der Waals surface area contributed by atoms with Gasteiger partial charge in [0.05, 0.1) is 0 Å². The van der Waals surface area contributed by atoms with Crippen LogP contribution in [0.1, 0.15) is 58.9 Å². The van der Waals surface area contributed by atoms with E-state index in [1.165, 1.54) is 12.0 Å². The maximum absolute atomic E-state index is 12.7. The van der Waals surface area contributed by atoms with E-state index in [9.17, 15) is 9.59 Å². The Morgan fingerprint density at radius 1 is 1.15 bits per heavy atom. The molecule has 4 heteroatoms. The first kappa shape index (κ1) is 18.9. The molecule has 2 heterocycles. The number of rotatable bonds is 4. The van der Waals surface area contributed by atoms with Crippen LogP contribution in [0.2, 0.25) is 0 Å². The second kappa shape index (κ2) is 7.42. The number of nitrogens with zero attached hydrogens (tertiary/aromatic N) is 2. The van der Waals surface area contributed by atoms with E-state index >= 15 is 0 Å². The number of para-hydroxylation sites is 1. The van der Waals surface area contributed by atoms with Crippen molar-refractivity contribution < 1.29 is 9.59 Å². The van der Waals surface area contributed by atoms with E-state index < -0.39 is 0 Å². The van der Waals surface area contributed by atoms with Gasteiger partial charge < -0.3 is 9.80 Å². The number of amides is 2. The fraction of sp³-hybridized carbons (Fsp3) is 0.636. The summed E-state index contributed by atoms with van der Waals surface area (Å²) in [6.07, 6.45) is 2.98. The summed E-state index contributed by atoms with van der Waals surface area (Å²) >= 11 is 0. The zero-order valence-electron chi connectivity index (χ0n) is 16.6. The molecule has 3 rings (SSSR count). The van der Waals surface area contributed by atoms with Crippen molar-refractivity contribution in [2.75, 3.05) is 24.5 Å². The largest absolute Gasteiger partial charge is 0.342 e. The fourth-order valence-electron chi connectivity index (χ4n) is 4.64. The zero-order valence-corrected chi connectivity index (χ0v) is 16.6. The maximum atomic E-state index is 12.7. The minimum Gasteiger partial charge on any atom is -0.342 e. The van der Waals surface area contributed by atoms with Crippen molar-refractivity contribution >= 4 is 17.5 Å². The van der Waals surface area contributed by atoms with Gasteiger partial charge in [-0.25, -0.2) is 0 Å². The molecule has 0 saturated carbocycles. The average molecular weight is 357 g/mol. The lowest BCUT2D eigenvalue weighted by atomic mass is 9.77. The summed E-state index contributed by atoms with van der Waals surface area (Å²) in [6.45, 7) is 11.1. The molecule has 142 valence electrons. The number of hydrogen-bond acceptors (Lipinski definition) is 2. The van der Waals surface area contributed by atoms with Crippen molar-refractivity contribution in [2.24, 2.45) is 11.8 Å². The standard InChI is InChI=1S/C22H32N2O2/c1-16-12-17(2)15-23(14-16)20(25)10-7-11-24-19-9-6-5-8-18(19)22(3,4)13-21(24)26/h5-6,8-9,16-17H,7,10-15H2,1-4H3/t16-,17-/m0/s1. The van der Waals surface area contributed by atoms with E-state index in [0.29, 0.717) is 31.2 Å². The van der Waals surface area contributed by atoms with Gasteiger partial charge in [-0.2, -0.15) is 0 Å². The van der Waals surface area contributed by atoms with Crippen LogP contribution >= 0.6 is 0 Å². The van der Waals surface area contributed by atoms with E-state index in [0.717, 1.165) is 25.2 Å². The van der Waals surface area contributed by atoms with Gasteiger partial charge >= 0.3 is 0 Å². The van der Waals surface area contributed by atoms with Crippen LogP contribution in [0.4, 0.5) is 5.69 Å². The Hall–Kier alpha value is -1.84. The van der Waals surface area contributed by atoms with Crippen molar-refractivity contribution in [2.45, 2.75) is 58.8 Å². The third-order valence-corrected chi connectivity index (χ3v) is 5.81. The Morgan fingerprint density at radius 3 is 2.50 bits per heavy atom. The highest BCUT2D eigenvalue weighted by Gasteiger charge is 2.36. The first-order chi connectivity index (χ1) is 12.3. The number of likely N-dealkylation sites (tertiary alicyclic amines) is 1. The molecule has 2 aliphatic rings. The van der Waals surface area contributed by atoms with Crippen LogP contribution in [0.25, 0.3) is 0 Å². The molecule has 2 amide bonds. The predicted molar refractivity (Wildman–Crippen MR) is 105 cm³/mol. The highest BCUT2D eigenvalue weighted by molar-refractivity contribution is 5.97. The van der Waals surface area contributed by atoms with E-state index in [-0.39, 0.29) is 17.2 Å². The number of fused-ring (bicyclic) bond motifs is 1. The molecule has 4 nitrogen and oxygen atoms in total. The van der Waals surface area contributed by atoms with Gasteiger partial charge in [0.2, 0.25) is 11.8 Å². The SMILES string of the molecule is C[C@H]1C[C@H](C)CN(C(=O)CCCN2C(=O)CC(C)(C)c3ccccc32)C1. The molecule has 1 saturated heterocycles. The van der Waals surface area contributed by atoms with Crippen LogP contribution < -0.4 is 4.90 Å². The van der Waals surface area contributed by atoms with Gasteiger partial charge in [-0.05, 0) is 36.3 Å². The molecule has 0 aromatic heterocycles.